The minimum Gasteiger partial charge on any atom is -0.247 e. The number of hydrogen-bond acceptors (Lipinski definition) is 4. The van der Waals surface area contributed by atoms with E-state index in [-0.39, 0.29) is 0 Å². The van der Waals surface area contributed by atoms with Gasteiger partial charge in [-0.05, 0) is 79.0 Å². The largest absolute Gasteiger partial charge is 0.247 e. The molecule has 0 amide bonds. The summed E-state index contributed by atoms with van der Waals surface area (Å²) in [6, 6.07) is 78.0. The van der Waals surface area contributed by atoms with Crippen LogP contribution in [0.15, 0.2) is 218 Å². The number of para-hydroxylation sites is 1. The van der Waals surface area contributed by atoms with E-state index in [1.54, 1.807) is 0 Å². The van der Waals surface area contributed by atoms with Gasteiger partial charge in [-0.25, -0.2) is 19.9 Å². The predicted molar refractivity (Wildman–Crippen MR) is 256 cm³/mol. The lowest BCUT2D eigenvalue weighted by Crippen LogP contribution is -2.26. The molecular weight excluding hydrogens is 765 g/mol. The maximum absolute atomic E-state index is 5.49. The van der Waals surface area contributed by atoms with Crippen LogP contribution >= 0.6 is 0 Å². The van der Waals surface area contributed by atoms with Crippen LogP contribution in [0, 0.1) is 0 Å². The van der Waals surface area contributed by atoms with E-state index in [0.29, 0.717) is 17.5 Å². The minimum absolute atomic E-state index is 0.459. The molecule has 292 valence electrons. The normalized spacial score (nSPS) is 12.9. The van der Waals surface area contributed by atoms with Crippen LogP contribution in [0.5, 0.6) is 0 Å². The Balaban J connectivity index is 0.907. The number of fused-ring (bicyclic) bond motifs is 13. The van der Waals surface area contributed by atoms with Gasteiger partial charge in [0.25, 0.3) is 0 Å². The van der Waals surface area contributed by atoms with Gasteiger partial charge in [-0.3, -0.25) is 0 Å². The van der Waals surface area contributed by atoms with Crippen molar-refractivity contribution >= 4 is 21.7 Å². The van der Waals surface area contributed by atoms with Crippen molar-refractivity contribution in [3.63, 3.8) is 0 Å². The van der Waals surface area contributed by atoms with Crippen LogP contribution in [-0.2, 0) is 5.41 Å². The van der Waals surface area contributed by atoms with E-state index < -0.39 is 5.41 Å². The maximum atomic E-state index is 5.49. The first kappa shape index (κ1) is 35.4. The molecule has 2 aliphatic carbocycles. The third-order valence-corrected chi connectivity index (χ3v) is 13.1. The summed E-state index contributed by atoms with van der Waals surface area (Å²) in [4.78, 5) is 20.3. The van der Waals surface area contributed by atoms with E-state index in [4.69, 9.17) is 19.9 Å². The molecule has 2 aliphatic rings. The number of benzene rings is 9. The zero-order valence-corrected chi connectivity index (χ0v) is 34.1. The minimum atomic E-state index is -0.459. The molecule has 0 N–H and O–H groups in total. The highest BCUT2D eigenvalue weighted by atomic mass is 15.0. The van der Waals surface area contributed by atoms with Crippen molar-refractivity contribution in [2.45, 2.75) is 5.41 Å². The first-order chi connectivity index (χ1) is 31.2. The molecule has 0 fully saturated rings. The molecule has 0 saturated heterocycles. The third kappa shape index (κ3) is 5.35. The number of aromatic nitrogens is 4. The molecule has 2 heterocycles. The van der Waals surface area contributed by atoms with Crippen LogP contribution in [-0.4, -0.2) is 19.9 Å². The lowest BCUT2D eigenvalue weighted by atomic mass is 9.69. The first-order valence-corrected chi connectivity index (χ1v) is 21.5. The highest BCUT2D eigenvalue weighted by Gasteiger charge is 2.53. The van der Waals surface area contributed by atoms with Crippen LogP contribution in [0.1, 0.15) is 22.3 Å². The highest BCUT2D eigenvalue weighted by Crippen LogP contribution is 2.65. The van der Waals surface area contributed by atoms with Gasteiger partial charge in [0.15, 0.2) is 17.5 Å². The number of rotatable bonds is 5. The van der Waals surface area contributed by atoms with Gasteiger partial charge in [0.1, 0.15) is 0 Å². The van der Waals surface area contributed by atoms with Crippen molar-refractivity contribution in [3.05, 3.63) is 241 Å². The van der Waals surface area contributed by atoms with Crippen molar-refractivity contribution in [1.82, 2.24) is 19.9 Å². The molecule has 0 bridgehead atoms. The second kappa shape index (κ2) is 13.8. The fourth-order valence-electron chi connectivity index (χ4n) is 10.4. The molecule has 63 heavy (non-hydrogen) atoms. The fourth-order valence-corrected chi connectivity index (χ4v) is 10.4. The molecule has 0 unspecified atom stereocenters. The summed E-state index contributed by atoms with van der Waals surface area (Å²) >= 11 is 0. The van der Waals surface area contributed by atoms with Gasteiger partial charge in [0.05, 0.1) is 16.6 Å². The SMILES string of the molecule is c1ccc(-c2nc(-c3ccccc3)nc(-c3ccc4cc(-c5ccc(-c6nc7ccccc7c7c6-c6ccccc6C76c7ccccc7-c7ccccc76)cc5)ccc4c3)n2)cc1. The smallest absolute Gasteiger partial charge is 0.164 e. The van der Waals surface area contributed by atoms with Gasteiger partial charge >= 0.3 is 0 Å². The summed E-state index contributed by atoms with van der Waals surface area (Å²) < 4.78 is 0. The van der Waals surface area contributed by atoms with Gasteiger partial charge in [0, 0.05) is 33.2 Å². The van der Waals surface area contributed by atoms with E-state index in [2.05, 4.69) is 158 Å². The maximum Gasteiger partial charge on any atom is 0.164 e. The van der Waals surface area contributed by atoms with Crippen molar-refractivity contribution in [3.8, 4) is 78.8 Å². The topological polar surface area (TPSA) is 51.6 Å². The average Bonchev–Trinajstić information content (AvgIpc) is 3.84. The van der Waals surface area contributed by atoms with E-state index in [1.807, 2.05) is 60.7 Å². The Morgan fingerprint density at radius 1 is 0.302 bits per heavy atom. The summed E-state index contributed by atoms with van der Waals surface area (Å²) in [6.45, 7) is 0. The highest BCUT2D eigenvalue weighted by molar-refractivity contribution is 6.06. The predicted octanol–water partition coefficient (Wildman–Crippen LogP) is 14.3. The van der Waals surface area contributed by atoms with Crippen LogP contribution in [0.2, 0.25) is 0 Å². The molecule has 11 aromatic rings. The molecule has 2 aromatic heterocycles. The monoisotopic (exact) mass is 800 g/mol. The molecule has 0 aliphatic heterocycles. The lowest BCUT2D eigenvalue weighted by molar-refractivity contribution is 0.801. The number of pyridine rings is 1. The van der Waals surface area contributed by atoms with Crippen molar-refractivity contribution < 1.29 is 0 Å². The van der Waals surface area contributed by atoms with E-state index in [1.165, 1.54) is 49.9 Å². The molecule has 4 heteroatoms. The molecule has 1 spiro atoms. The molecule has 0 atom stereocenters. The molecule has 13 rings (SSSR count). The quantitative estimate of drug-likeness (QED) is 0.174. The lowest BCUT2D eigenvalue weighted by Gasteiger charge is -2.31. The van der Waals surface area contributed by atoms with Gasteiger partial charge in [-0.1, -0.05) is 200 Å². The van der Waals surface area contributed by atoms with Crippen LogP contribution in [0.4, 0.5) is 0 Å². The number of nitrogens with zero attached hydrogens (tertiary/aromatic N) is 4. The van der Waals surface area contributed by atoms with Crippen molar-refractivity contribution in [2.24, 2.45) is 0 Å². The Bertz CT molecular complexity index is 3510. The van der Waals surface area contributed by atoms with Crippen molar-refractivity contribution in [2.75, 3.05) is 0 Å². The Morgan fingerprint density at radius 3 is 1.37 bits per heavy atom. The molecular formula is C59H36N4. The zero-order chi connectivity index (χ0) is 41.5. The van der Waals surface area contributed by atoms with Gasteiger partial charge < -0.3 is 0 Å². The first-order valence-electron chi connectivity index (χ1n) is 21.5. The zero-order valence-electron chi connectivity index (χ0n) is 34.1. The van der Waals surface area contributed by atoms with Crippen LogP contribution in [0.25, 0.3) is 100 Å². The molecule has 4 nitrogen and oxygen atoms in total. The summed E-state index contributed by atoms with van der Waals surface area (Å²) in [6.07, 6.45) is 0. The standard InChI is InChI=1S/C59H36N4/c1-3-15-39(16-4-1)56-61-57(40-17-5-2-6-18-40)63-58(62-56)44-34-33-42-35-41(31-32-43(42)36-44)37-27-29-38(30-28-37)55-53-47-21-9-13-25-51(47)59(54(53)48-22-10-14-26-52(48)60-55)49-23-11-7-19-45(49)46-20-8-12-24-50(46)59/h1-36H. The van der Waals surface area contributed by atoms with Crippen molar-refractivity contribution in [1.29, 1.82) is 0 Å². The Morgan fingerprint density at radius 2 is 0.746 bits per heavy atom. The van der Waals surface area contributed by atoms with Gasteiger partial charge in [0.2, 0.25) is 0 Å². The van der Waals surface area contributed by atoms with Gasteiger partial charge in [-0.2, -0.15) is 0 Å². The second-order valence-corrected chi connectivity index (χ2v) is 16.5. The summed E-state index contributed by atoms with van der Waals surface area (Å²) in [5.74, 6) is 1.95. The number of hydrogen-bond donors (Lipinski definition) is 0. The van der Waals surface area contributed by atoms with E-state index in [0.717, 1.165) is 55.4 Å². The Kier molecular flexibility index (Phi) is 7.79. The van der Waals surface area contributed by atoms with E-state index in [9.17, 15) is 0 Å². The summed E-state index contributed by atoms with van der Waals surface area (Å²) in [5, 5.41) is 3.46. The summed E-state index contributed by atoms with van der Waals surface area (Å²) in [7, 11) is 0. The molecule has 9 aromatic carbocycles. The Hall–Kier alpha value is -8.34. The van der Waals surface area contributed by atoms with E-state index >= 15 is 0 Å². The second-order valence-electron chi connectivity index (χ2n) is 16.5. The fraction of sp³-hybridized carbons (Fsp3) is 0.0169. The summed E-state index contributed by atoms with van der Waals surface area (Å²) in [5.41, 5.74) is 18.2. The van der Waals surface area contributed by atoms with Crippen LogP contribution < -0.4 is 0 Å². The van der Waals surface area contributed by atoms with Crippen LogP contribution in [0.3, 0.4) is 0 Å². The van der Waals surface area contributed by atoms with Gasteiger partial charge in [-0.15, -0.1) is 0 Å². The Labute approximate surface area is 364 Å². The molecule has 0 radical (unpaired) electrons. The third-order valence-electron chi connectivity index (χ3n) is 13.1. The molecule has 0 saturated carbocycles. The average molecular weight is 801 g/mol.